The number of hydrogen-bond acceptors (Lipinski definition) is 5. The first-order valence-electron chi connectivity index (χ1n) is 11.7. The van der Waals surface area contributed by atoms with E-state index in [1.54, 1.807) is 18.2 Å². The van der Waals surface area contributed by atoms with Gasteiger partial charge in [0.05, 0.1) is 26.1 Å². The Morgan fingerprint density at radius 1 is 0.639 bits per heavy atom. The van der Waals surface area contributed by atoms with Crippen molar-refractivity contribution in [1.82, 2.24) is 0 Å². The highest BCUT2D eigenvalue weighted by Crippen LogP contribution is 2.60. The maximum absolute atomic E-state index is 13.9. The third-order valence-corrected chi connectivity index (χ3v) is 7.06. The van der Waals surface area contributed by atoms with Gasteiger partial charge < -0.3 is 19.3 Å². The smallest absolute Gasteiger partial charge is 0.315 e. The van der Waals surface area contributed by atoms with Gasteiger partial charge in [0.1, 0.15) is 17.2 Å². The van der Waals surface area contributed by atoms with E-state index < -0.39 is 35.6 Å². The molecule has 6 heteroatoms. The zero-order valence-corrected chi connectivity index (χ0v) is 20.0. The molecule has 0 amide bonds. The second-order valence-corrected chi connectivity index (χ2v) is 8.82. The molecule has 4 aromatic rings. The number of methoxy groups -OCH3 is 2. The molecule has 2 atom stereocenters. The van der Waals surface area contributed by atoms with Crippen molar-refractivity contribution in [3.8, 4) is 17.2 Å². The van der Waals surface area contributed by atoms with Crippen molar-refractivity contribution in [2.75, 3.05) is 14.2 Å². The molecule has 4 aromatic carbocycles. The summed E-state index contributed by atoms with van der Waals surface area (Å²) in [6.45, 7) is 0. The molecule has 0 radical (unpaired) electrons. The number of para-hydroxylation sites is 2. The van der Waals surface area contributed by atoms with E-state index in [1.165, 1.54) is 14.2 Å². The van der Waals surface area contributed by atoms with Crippen LogP contribution in [0, 0.1) is 11.8 Å². The summed E-state index contributed by atoms with van der Waals surface area (Å²) in [5, 5.41) is 12.1. The lowest BCUT2D eigenvalue weighted by molar-refractivity contribution is -0.158. The van der Waals surface area contributed by atoms with Crippen LogP contribution in [0.5, 0.6) is 17.2 Å². The van der Waals surface area contributed by atoms with Crippen molar-refractivity contribution in [2.45, 2.75) is 11.8 Å². The van der Waals surface area contributed by atoms with Gasteiger partial charge in [0.15, 0.2) is 0 Å². The zero-order valence-electron chi connectivity index (χ0n) is 20.0. The van der Waals surface area contributed by atoms with E-state index in [0.29, 0.717) is 28.4 Å². The van der Waals surface area contributed by atoms with Crippen LogP contribution >= 0.6 is 0 Å². The third-order valence-electron chi connectivity index (χ3n) is 7.06. The number of carboxylic acids is 1. The van der Waals surface area contributed by atoms with Crippen LogP contribution in [0.2, 0.25) is 0 Å². The SMILES string of the molecule is COc1ccccc1C1C(C(=O)O)C(c2ccccc2OC)C1C(=O)Oc1cccc2ccccc12. The maximum atomic E-state index is 13.9. The van der Waals surface area contributed by atoms with E-state index >= 15 is 0 Å². The molecule has 0 aliphatic heterocycles. The van der Waals surface area contributed by atoms with Gasteiger partial charge in [-0.15, -0.1) is 0 Å². The Balaban J connectivity index is 1.62. The van der Waals surface area contributed by atoms with Gasteiger partial charge in [0, 0.05) is 17.2 Å². The Kier molecular flexibility index (Phi) is 6.34. The van der Waals surface area contributed by atoms with Gasteiger partial charge in [-0.1, -0.05) is 72.8 Å². The van der Waals surface area contributed by atoms with E-state index in [-0.39, 0.29) is 0 Å². The highest BCUT2D eigenvalue weighted by molar-refractivity contribution is 5.92. The fourth-order valence-electron chi connectivity index (χ4n) is 5.47. The number of benzene rings is 4. The molecule has 0 saturated heterocycles. The molecular formula is C30H26O6. The second-order valence-electron chi connectivity index (χ2n) is 8.82. The van der Waals surface area contributed by atoms with Crippen LogP contribution in [0.4, 0.5) is 0 Å². The fraction of sp³-hybridized carbons (Fsp3) is 0.200. The number of carbonyl (C=O) groups excluding carboxylic acids is 1. The fourth-order valence-corrected chi connectivity index (χ4v) is 5.47. The van der Waals surface area contributed by atoms with Crippen molar-refractivity contribution in [3.05, 3.63) is 102 Å². The number of fused-ring (bicyclic) bond motifs is 1. The Morgan fingerprint density at radius 3 is 1.72 bits per heavy atom. The predicted octanol–water partition coefficient (Wildman–Crippen LogP) is 5.66. The van der Waals surface area contributed by atoms with Crippen LogP contribution in [-0.4, -0.2) is 31.3 Å². The molecule has 0 heterocycles. The van der Waals surface area contributed by atoms with Crippen LogP contribution in [0.1, 0.15) is 23.0 Å². The Hall–Kier alpha value is -4.32. The number of rotatable bonds is 7. The zero-order chi connectivity index (χ0) is 25.2. The number of esters is 1. The lowest BCUT2D eigenvalue weighted by atomic mass is 9.52. The minimum absolute atomic E-state index is 0.439. The van der Waals surface area contributed by atoms with Gasteiger partial charge >= 0.3 is 11.9 Å². The standard InChI is InChI=1S/C30H26O6/c1-34-22-15-7-5-13-20(22)25-27(29(31)32)26(21-14-6-8-16-23(21)35-2)28(25)30(33)36-24-17-9-11-18-10-3-4-12-19(18)24/h3-17,25-28H,1-2H3,(H,31,32). The summed E-state index contributed by atoms with van der Waals surface area (Å²) in [7, 11) is 3.07. The maximum Gasteiger partial charge on any atom is 0.315 e. The molecule has 1 saturated carbocycles. The van der Waals surface area contributed by atoms with Crippen LogP contribution in [-0.2, 0) is 9.59 Å². The number of carbonyl (C=O) groups is 2. The first-order valence-corrected chi connectivity index (χ1v) is 11.7. The van der Waals surface area contributed by atoms with Crippen molar-refractivity contribution >= 4 is 22.7 Å². The molecular weight excluding hydrogens is 456 g/mol. The Bertz CT molecular complexity index is 1370. The van der Waals surface area contributed by atoms with E-state index in [4.69, 9.17) is 14.2 Å². The van der Waals surface area contributed by atoms with Crippen LogP contribution in [0.15, 0.2) is 91.0 Å². The molecule has 0 spiro atoms. The van der Waals surface area contributed by atoms with Crippen LogP contribution in [0.25, 0.3) is 10.8 Å². The Labute approximate surface area is 209 Å². The summed E-state index contributed by atoms with van der Waals surface area (Å²) >= 11 is 0. The molecule has 6 nitrogen and oxygen atoms in total. The minimum atomic E-state index is -0.990. The van der Waals surface area contributed by atoms with Gasteiger partial charge in [-0.2, -0.15) is 0 Å². The second kappa shape index (κ2) is 9.74. The molecule has 1 aliphatic carbocycles. The monoisotopic (exact) mass is 482 g/mol. The summed E-state index contributed by atoms with van der Waals surface area (Å²) in [5.74, 6) is -2.89. The highest BCUT2D eigenvalue weighted by Gasteiger charge is 2.60. The van der Waals surface area contributed by atoms with Crippen molar-refractivity contribution < 1.29 is 28.9 Å². The molecule has 5 rings (SSSR count). The van der Waals surface area contributed by atoms with E-state index in [1.807, 2.05) is 72.8 Å². The quantitative estimate of drug-likeness (QED) is 0.270. The van der Waals surface area contributed by atoms with Crippen molar-refractivity contribution in [1.29, 1.82) is 0 Å². The lowest BCUT2D eigenvalue weighted by Gasteiger charge is -2.49. The summed E-state index contributed by atoms with van der Waals surface area (Å²) < 4.78 is 17.1. The van der Waals surface area contributed by atoms with Crippen LogP contribution < -0.4 is 14.2 Å². The average molecular weight is 483 g/mol. The first-order chi connectivity index (χ1) is 17.5. The molecule has 0 aromatic heterocycles. The molecule has 2 unspecified atom stereocenters. The lowest BCUT2D eigenvalue weighted by Crippen LogP contribution is -2.52. The first kappa shape index (κ1) is 23.4. The van der Waals surface area contributed by atoms with Gasteiger partial charge in [-0.05, 0) is 34.7 Å². The average Bonchev–Trinajstić information content (AvgIpc) is 2.88. The van der Waals surface area contributed by atoms with Crippen molar-refractivity contribution in [3.63, 3.8) is 0 Å². The predicted molar refractivity (Wildman–Crippen MR) is 136 cm³/mol. The minimum Gasteiger partial charge on any atom is -0.496 e. The molecule has 0 bridgehead atoms. The van der Waals surface area contributed by atoms with Crippen molar-refractivity contribution in [2.24, 2.45) is 11.8 Å². The molecule has 1 N–H and O–H groups in total. The molecule has 182 valence electrons. The van der Waals surface area contributed by atoms with Gasteiger partial charge in [0.25, 0.3) is 0 Å². The third kappa shape index (κ3) is 3.94. The van der Waals surface area contributed by atoms with Gasteiger partial charge in [-0.3, -0.25) is 9.59 Å². The number of ether oxygens (including phenoxy) is 3. The normalized spacial score (nSPS) is 20.8. The van der Waals surface area contributed by atoms with Crippen LogP contribution in [0.3, 0.4) is 0 Å². The van der Waals surface area contributed by atoms with Gasteiger partial charge in [-0.25, -0.2) is 0 Å². The number of aliphatic carboxylic acids is 1. The topological polar surface area (TPSA) is 82.1 Å². The Morgan fingerprint density at radius 2 is 1.14 bits per heavy atom. The summed E-state index contributed by atoms with van der Waals surface area (Å²) in [6, 6.07) is 27.7. The molecule has 1 fully saturated rings. The molecule has 1 aliphatic rings. The van der Waals surface area contributed by atoms with Gasteiger partial charge in [0.2, 0.25) is 0 Å². The van der Waals surface area contributed by atoms with E-state index in [0.717, 1.165) is 10.8 Å². The summed E-state index contributed by atoms with van der Waals surface area (Å²) in [6.07, 6.45) is 0. The highest BCUT2D eigenvalue weighted by atomic mass is 16.5. The number of hydrogen-bond donors (Lipinski definition) is 1. The number of carboxylic acid groups (broad SMARTS) is 1. The van der Waals surface area contributed by atoms with E-state index in [2.05, 4.69) is 0 Å². The largest absolute Gasteiger partial charge is 0.496 e. The van der Waals surface area contributed by atoms with E-state index in [9.17, 15) is 14.7 Å². The summed E-state index contributed by atoms with van der Waals surface area (Å²) in [5.41, 5.74) is 1.33. The molecule has 36 heavy (non-hydrogen) atoms. The summed E-state index contributed by atoms with van der Waals surface area (Å²) in [4.78, 5) is 26.5.